The standard InChI is InChI=1S/C16H13FN2OS/c1-10(20)11-6-7-15(13(17)8-11)21-16-12-4-2-3-5-14(12)18-9-19-16/h2-10,20H,1H3/t10-/m0/s1. The zero-order valence-electron chi connectivity index (χ0n) is 11.3. The number of fused-ring (bicyclic) bond motifs is 1. The van der Waals surface area contributed by atoms with Gasteiger partial charge in [0.25, 0.3) is 0 Å². The van der Waals surface area contributed by atoms with E-state index in [9.17, 15) is 9.50 Å². The number of rotatable bonds is 3. The van der Waals surface area contributed by atoms with E-state index in [2.05, 4.69) is 9.97 Å². The van der Waals surface area contributed by atoms with Crippen molar-refractivity contribution in [3.63, 3.8) is 0 Å². The molecule has 0 aliphatic rings. The molecule has 0 aliphatic heterocycles. The van der Waals surface area contributed by atoms with Gasteiger partial charge in [0, 0.05) is 10.3 Å². The molecule has 106 valence electrons. The normalized spacial score (nSPS) is 12.5. The van der Waals surface area contributed by atoms with Crippen molar-refractivity contribution in [2.45, 2.75) is 22.9 Å². The van der Waals surface area contributed by atoms with Crippen LogP contribution in [0.5, 0.6) is 0 Å². The Labute approximate surface area is 125 Å². The maximum atomic E-state index is 14.1. The van der Waals surface area contributed by atoms with Gasteiger partial charge in [-0.25, -0.2) is 14.4 Å². The summed E-state index contributed by atoms with van der Waals surface area (Å²) in [6.45, 7) is 1.61. The largest absolute Gasteiger partial charge is 0.389 e. The fourth-order valence-corrected chi connectivity index (χ4v) is 2.91. The van der Waals surface area contributed by atoms with Gasteiger partial charge >= 0.3 is 0 Å². The van der Waals surface area contributed by atoms with Crippen LogP contribution in [0.15, 0.2) is 58.7 Å². The average molecular weight is 300 g/mol. The van der Waals surface area contributed by atoms with Crippen LogP contribution in [0.1, 0.15) is 18.6 Å². The Kier molecular flexibility index (Phi) is 3.86. The van der Waals surface area contributed by atoms with Crippen molar-refractivity contribution < 1.29 is 9.50 Å². The van der Waals surface area contributed by atoms with Crippen LogP contribution >= 0.6 is 11.8 Å². The number of halogens is 1. The Hall–Kier alpha value is -1.98. The van der Waals surface area contributed by atoms with E-state index in [0.29, 0.717) is 15.5 Å². The molecule has 1 atom stereocenters. The summed E-state index contributed by atoms with van der Waals surface area (Å²) in [4.78, 5) is 8.90. The van der Waals surface area contributed by atoms with Crippen LogP contribution in [0.4, 0.5) is 4.39 Å². The fraction of sp³-hybridized carbons (Fsp3) is 0.125. The Bertz CT molecular complexity index is 787. The SMILES string of the molecule is C[C@H](O)c1ccc(Sc2ncnc3ccccc23)c(F)c1. The van der Waals surface area contributed by atoms with E-state index in [1.54, 1.807) is 19.1 Å². The number of aromatic nitrogens is 2. The lowest BCUT2D eigenvalue weighted by Crippen LogP contribution is -1.93. The molecule has 3 rings (SSSR count). The maximum absolute atomic E-state index is 14.1. The molecule has 3 aromatic rings. The van der Waals surface area contributed by atoms with E-state index in [1.807, 2.05) is 24.3 Å². The molecule has 0 bridgehead atoms. The summed E-state index contributed by atoms with van der Waals surface area (Å²) in [6.07, 6.45) is 0.797. The second-order valence-corrected chi connectivity index (χ2v) is 5.69. The van der Waals surface area contributed by atoms with Crippen molar-refractivity contribution in [3.8, 4) is 0 Å². The monoisotopic (exact) mass is 300 g/mol. The molecule has 3 nitrogen and oxygen atoms in total. The van der Waals surface area contributed by atoms with Crippen LogP contribution in [0.25, 0.3) is 10.9 Å². The van der Waals surface area contributed by atoms with Gasteiger partial charge in [0.1, 0.15) is 17.2 Å². The van der Waals surface area contributed by atoms with Crippen molar-refractivity contribution in [1.82, 2.24) is 9.97 Å². The van der Waals surface area contributed by atoms with Gasteiger partial charge in [0.05, 0.1) is 11.6 Å². The van der Waals surface area contributed by atoms with Gasteiger partial charge in [-0.3, -0.25) is 0 Å². The van der Waals surface area contributed by atoms with Crippen LogP contribution in [-0.2, 0) is 0 Å². The minimum absolute atomic E-state index is 0.360. The summed E-state index contributed by atoms with van der Waals surface area (Å²) in [5.41, 5.74) is 1.39. The number of para-hydroxylation sites is 1. The molecule has 1 aromatic heterocycles. The lowest BCUT2D eigenvalue weighted by Gasteiger charge is -2.08. The van der Waals surface area contributed by atoms with Crippen LogP contribution in [0.2, 0.25) is 0 Å². The lowest BCUT2D eigenvalue weighted by atomic mass is 10.1. The summed E-state index contributed by atoms with van der Waals surface area (Å²) in [5, 5.41) is 11.1. The molecule has 0 saturated carbocycles. The van der Waals surface area contributed by atoms with E-state index in [4.69, 9.17) is 0 Å². The molecule has 0 spiro atoms. The van der Waals surface area contributed by atoms with Crippen LogP contribution in [0, 0.1) is 5.82 Å². The molecule has 0 unspecified atom stereocenters. The molecular weight excluding hydrogens is 287 g/mol. The molecule has 1 N–H and O–H groups in total. The van der Waals surface area contributed by atoms with E-state index >= 15 is 0 Å². The van der Waals surface area contributed by atoms with Crippen molar-refractivity contribution in [1.29, 1.82) is 0 Å². The van der Waals surface area contributed by atoms with E-state index in [0.717, 1.165) is 10.9 Å². The lowest BCUT2D eigenvalue weighted by molar-refractivity contribution is 0.198. The van der Waals surface area contributed by atoms with Gasteiger partial charge in [-0.1, -0.05) is 36.0 Å². The third-order valence-electron chi connectivity index (χ3n) is 3.15. The predicted molar refractivity (Wildman–Crippen MR) is 80.7 cm³/mol. The molecular formula is C16H13FN2OS. The van der Waals surface area contributed by atoms with Gasteiger partial charge in [-0.15, -0.1) is 0 Å². The number of hydrogen-bond donors (Lipinski definition) is 1. The Morgan fingerprint density at radius 2 is 1.95 bits per heavy atom. The molecule has 0 amide bonds. The Morgan fingerprint density at radius 1 is 1.14 bits per heavy atom. The molecule has 5 heteroatoms. The number of aliphatic hydroxyl groups excluding tert-OH is 1. The van der Waals surface area contributed by atoms with Crippen LogP contribution in [-0.4, -0.2) is 15.1 Å². The summed E-state index contributed by atoms with van der Waals surface area (Å²) in [7, 11) is 0. The predicted octanol–water partition coefficient (Wildman–Crippen LogP) is 3.97. The maximum Gasteiger partial charge on any atom is 0.137 e. The van der Waals surface area contributed by atoms with Gasteiger partial charge in [0.15, 0.2) is 0 Å². The highest BCUT2D eigenvalue weighted by atomic mass is 32.2. The molecule has 0 saturated heterocycles. The Morgan fingerprint density at radius 3 is 2.71 bits per heavy atom. The fourth-order valence-electron chi connectivity index (χ4n) is 2.03. The summed E-state index contributed by atoms with van der Waals surface area (Å²) < 4.78 is 14.1. The zero-order valence-corrected chi connectivity index (χ0v) is 12.1. The number of aliphatic hydroxyl groups is 1. The van der Waals surface area contributed by atoms with Crippen molar-refractivity contribution in [2.24, 2.45) is 0 Å². The molecule has 2 aromatic carbocycles. The first kappa shape index (κ1) is 14.0. The first-order chi connectivity index (χ1) is 10.1. The van der Waals surface area contributed by atoms with Gasteiger partial charge in [-0.05, 0) is 30.7 Å². The summed E-state index contributed by atoms with van der Waals surface area (Å²) >= 11 is 1.26. The number of hydrogen-bond acceptors (Lipinski definition) is 4. The smallest absolute Gasteiger partial charge is 0.137 e. The molecule has 0 aliphatic carbocycles. The van der Waals surface area contributed by atoms with E-state index in [1.165, 1.54) is 24.2 Å². The van der Waals surface area contributed by atoms with Gasteiger partial charge in [-0.2, -0.15) is 0 Å². The van der Waals surface area contributed by atoms with Crippen molar-refractivity contribution in [3.05, 3.63) is 60.2 Å². The summed E-state index contributed by atoms with van der Waals surface area (Å²) in [5.74, 6) is -0.360. The second kappa shape index (κ2) is 5.79. The molecule has 0 radical (unpaired) electrons. The van der Waals surface area contributed by atoms with Crippen LogP contribution in [0.3, 0.4) is 0 Å². The van der Waals surface area contributed by atoms with Gasteiger partial charge in [0.2, 0.25) is 0 Å². The minimum Gasteiger partial charge on any atom is -0.389 e. The van der Waals surface area contributed by atoms with Crippen molar-refractivity contribution in [2.75, 3.05) is 0 Å². The highest BCUT2D eigenvalue weighted by Gasteiger charge is 2.11. The highest BCUT2D eigenvalue weighted by molar-refractivity contribution is 7.99. The average Bonchev–Trinajstić information content (AvgIpc) is 2.49. The third-order valence-corrected chi connectivity index (χ3v) is 4.22. The van der Waals surface area contributed by atoms with E-state index < -0.39 is 6.10 Å². The summed E-state index contributed by atoms with van der Waals surface area (Å²) in [6, 6.07) is 12.4. The second-order valence-electron chi connectivity index (χ2n) is 4.66. The molecule has 1 heterocycles. The first-order valence-electron chi connectivity index (χ1n) is 6.50. The number of benzene rings is 2. The molecule has 21 heavy (non-hydrogen) atoms. The highest BCUT2D eigenvalue weighted by Crippen LogP contribution is 2.33. The third kappa shape index (κ3) is 2.89. The Balaban J connectivity index is 1.99. The van der Waals surface area contributed by atoms with E-state index in [-0.39, 0.29) is 5.82 Å². The number of nitrogens with zero attached hydrogens (tertiary/aromatic N) is 2. The molecule has 0 fully saturated rings. The zero-order chi connectivity index (χ0) is 14.8. The first-order valence-corrected chi connectivity index (χ1v) is 7.32. The van der Waals surface area contributed by atoms with Crippen molar-refractivity contribution >= 4 is 22.7 Å². The van der Waals surface area contributed by atoms with Crippen LogP contribution < -0.4 is 0 Å². The van der Waals surface area contributed by atoms with Gasteiger partial charge < -0.3 is 5.11 Å². The minimum atomic E-state index is -0.682. The quantitative estimate of drug-likeness (QED) is 0.743. The topological polar surface area (TPSA) is 46.0 Å².